The molecule has 2 nitrogen and oxygen atoms in total. The first-order valence-corrected chi connectivity index (χ1v) is 7.16. The van der Waals surface area contributed by atoms with Gasteiger partial charge >= 0.3 is 0 Å². The fourth-order valence-electron chi connectivity index (χ4n) is 2.22. The van der Waals surface area contributed by atoms with Gasteiger partial charge < -0.3 is 10.2 Å². The number of nitrogens with zero attached hydrogens (tertiary/aromatic N) is 1. The SMILES string of the molecule is CN[C@@H](C)CN1CCc2cc(F)c(SC)cc21. The molecule has 0 radical (unpaired) electrons. The summed E-state index contributed by atoms with van der Waals surface area (Å²) in [5.74, 6) is -0.0836. The van der Waals surface area contributed by atoms with Crippen LogP contribution in [0.4, 0.5) is 10.1 Å². The summed E-state index contributed by atoms with van der Waals surface area (Å²) >= 11 is 1.47. The van der Waals surface area contributed by atoms with E-state index in [0.717, 1.165) is 30.0 Å². The van der Waals surface area contributed by atoms with E-state index in [2.05, 4.69) is 17.1 Å². The molecule has 1 aromatic carbocycles. The standard InChI is InChI=1S/C13H19FN2S/c1-9(15-2)8-16-5-4-10-6-11(14)13(17-3)7-12(10)16/h6-7,9,15H,4-5,8H2,1-3H3/t9-/m0/s1. The summed E-state index contributed by atoms with van der Waals surface area (Å²) < 4.78 is 13.6. The van der Waals surface area contributed by atoms with Crippen LogP contribution in [0.15, 0.2) is 17.0 Å². The Morgan fingerprint density at radius 1 is 1.53 bits per heavy atom. The zero-order chi connectivity index (χ0) is 12.4. The summed E-state index contributed by atoms with van der Waals surface area (Å²) in [6.45, 7) is 4.14. The van der Waals surface area contributed by atoms with E-state index in [1.54, 1.807) is 6.07 Å². The Kier molecular flexibility index (Phi) is 3.94. The molecule has 0 spiro atoms. The number of nitrogens with one attached hydrogen (secondary N) is 1. The van der Waals surface area contributed by atoms with Crippen molar-refractivity contribution in [3.05, 3.63) is 23.5 Å². The summed E-state index contributed by atoms with van der Waals surface area (Å²) in [4.78, 5) is 3.09. The van der Waals surface area contributed by atoms with E-state index in [1.807, 2.05) is 19.4 Å². The predicted molar refractivity (Wildman–Crippen MR) is 72.6 cm³/mol. The van der Waals surface area contributed by atoms with Gasteiger partial charge in [-0.15, -0.1) is 11.8 Å². The second-order valence-electron chi connectivity index (χ2n) is 4.50. The van der Waals surface area contributed by atoms with Gasteiger partial charge in [0.1, 0.15) is 5.82 Å². The molecule has 1 aliphatic heterocycles. The van der Waals surface area contributed by atoms with Crippen molar-refractivity contribution in [1.29, 1.82) is 0 Å². The van der Waals surface area contributed by atoms with Crippen molar-refractivity contribution in [2.75, 3.05) is 31.3 Å². The molecule has 1 heterocycles. The highest BCUT2D eigenvalue weighted by Gasteiger charge is 2.22. The number of hydrogen-bond donors (Lipinski definition) is 1. The van der Waals surface area contributed by atoms with Crippen molar-refractivity contribution in [3.63, 3.8) is 0 Å². The maximum atomic E-state index is 13.6. The van der Waals surface area contributed by atoms with Crippen molar-refractivity contribution in [2.24, 2.45) is 0 Å². The Morgan fingerprint density at radius 2 is 2.29 bits per heavy atom. The van der Waals surface area contributed by atoms with E-state index < -0.39 is 0 Å². The van der Waals surface area contributed by atoms with Gasteiger partial charge in [-0.3, -0.25) is 0 Å². The highest BCUT2D eigenvalue weighted by atomic mass is 32.2. The van der Waals surface area contributed by atoms with Gasteiger partial charge in [-0.05, 0) is 44.3 Å². The van der Waals surface area contributed by atoms with E-state index >= 15 is 0 Å². The van der Waals surface area contributed by atoms with Crippen LogP contribution in [-0.2, 0) is 6.42 Å². The van der Waals surface area contributed by atoms with Crippen molar-refractivity contribution < 1.29 is 4.39 Å². The summed E-state index contributed by atoms with van der Waals surface area (Å²) in [5.41, 5.74) is 2.35. The Morgan fingerprint density at radius 3 is 2.94 bits per heavy atom. The molecule has 1 aliphatic rings. The lowest BCUT2D eigenvalue weighted by atomic mass is 10.1. The smallest absolute Gasteiger partial charge is 0.137 e. The number of thioether (sulfide) groups is 1. The first-order chi connectivity index (χ1) is 8.15. The molecule has 0 aliphatic carbocycles. The lowest BCUT2D eigenvalue weighted by Crippen LogP contribution is -2.36. The van der Waals surface area contributed by atoms with E-state index in [1.165, 1.54) is 17.4 Å². The zero-order valence-electron chi connectivity index (χ0n) is 10.6. The Balaban J connectivity index is 2.24. The molecule has 0 bridgehead atoms. The van der Waals surface area contributed by atoms with Crippen molar-refractivity contribution in [1.82, 2.24) is 5.32 Å². The molecular formula is C13H19FN2S. The zero-order valence-corrected chi connectivity index (χ0v) is 11.4. The monoisotopic (exact) mass is 254 g/mol. The minimum absolute atomic E-state index is 0.0836. The van der Waals surface area contributed by atoms with Gasteiger partial charge in [-0.2, -0.15) is 0 Å². The summed E-state index contributed by atoms with van der Waals surface area (Å²) in [6.07, 6.45) is 2.87. The summed E-state index contributed by atoms with van der Waals surface area (Å²) in [7, 11) is 1.97. The molecule has 2 rings (SSSR count). The average Bonchev–Trinajstić information content (AvgIpc) is 2.70. The number of likely N-dealkylation sites (N-methyl/N-ethyl adjacent to an activating group) is 1. The number of benzene rings is 1. The second-order valence-corrected chi connectivity index (χ2v) is 5.35. The predicted octanol–water partition coefficient (Wildman–Crippen LogP) is 2.52. The lowest BCUT2D eigenvalue weighted by molar-refractivity contribution is 0.593. The molecule has 1 atom stereocenters. The average molecular weight is 254 g/mol. The summed E-state index contributed by atoms with van der Waals surface area (Å²) in [6, 6.07) is 4.14. The third kappa shape index (κ3) is 2.58. The molecule has 94 valence electrons. The molecule has 0 saturated heterocycles. The maximum absolute atomic E-state index is 13.6. The number of fused-ring (bicyclic) bond motifs is 1. The van der Waals surface area contributed by atoms with Crippen molar-refractivity contribution in [3.8, 4) is 0 Å². The third-order valence-electron chi connectivity index (χ3n) is 3.33. The van der Waals surface area contributed by atoms with Gasteiger partial charge in [0.15, 0.2) is 0 Å². The molecular weight excluding hydrogens is 235 g/mol. The van der Waals surface area contributed by atoms with Gasteiger partial charge in [-0.25, -0.2) is 4.39 Å². The van der Waals surface area contributed by atoms with Crippen LogP contribution >= 0.6 is 11.8 Å². The number of anilines is 1. The van der Waals surface area contributed by atoms with E-state index in [4.69, 9.17) is 0 Å². The molecule has 17 heavy (non-hydrogen) atoms. The highest BCUT2D eigenvalue weighted by Crippen LogP contribution is 2.33. The van der Waals surface area contributed by atoms with Gasteiger partial charge in [0.25, 0.3) is 0 Å². The lowest BCUT2D eigenvalue weighted by Gasteiger charge is -2.23. The van der Waals surface area contributed by atoms with Crippen molar-refractivity contribution in [2.45, 2.75) is 24.3 Å². The molecule has 1 N–H and O–H groups in total. The van der Waals surface area contributed by atoms with Crippen LogP contribution in [0.1, 0.15) is 12.5 Å². The van der Waals surface area contributed by atoms with Crippen LogP contribution < -0.4 is 10.2 Å². The van der Waals surface area contributed by atoms with E-state index in [9.17, 15) is 4.39 Å². The minimum atomic E-state index is -0.0836. The van der Waals surface area contributed by atoms with Gasteiger partial charge in [0.2, 0.25) is 0 Å². The largest absolute Gasteiger partial charge is 0.369 e. The fraction of sp³-hybridized carbons (Fsp3) is 0.538. The second kappa shape index (κ2) is 5.27. The minimum Gasteiger partial charge on any atom is -0.369 e. The van der Waals surface area contributed by atoms with Crippen LogP contribution in [0.2, 0.25) is 0 Å². The Bertz CT molecular complexity index is 409. The van der Waals surface area contributed by atoms with Gasteiger partial charge in [-0.1, -0.05) is 0 Å². The molecule has 0 unspecified atom stereocenters. The number of halogens is 1. The van der Waals surface area contributed by atoms with Crippen LogP contribution in [0.5, 0.6) is 0 Å². The van der Waals surface area contributed by atoms with Crippen LogP contribution in [-0.4, -0.2) is 32.4 Å². The first kappa shape index (κ1) is 12.7. The molecule has 1 aromatic rings. The molecule has 0 aromatic heterocycles. The highest BCUT2D eigenvalue weighted by molar-refractivity contribution is 7.98. The van der Waals surface area contributed by atoms with Gasteiger partial charge in [0.05, 0.1) is 0 Å². The van der Waals surface area contributed by atoms with E-state index in [0.29, 0.717) is 6.04 Å². The van der Waals surface area contributed by atoms with Crippen LogP contribution in [0.25, 0.3) is 0 Å². The van der Waals surface area contributed by atoms with Crippen LogP contribution in [0.3, 0.4) is 0 Å². The molecule has 0 fully saturated rings. The number of rotatable bonds is 4. The van der Waals surface area contributed by atoms with Crippen molar-refractivity contribution >= 4 is 17.4 Å². The Labute approximate surface area is 107 Å². The quantitative estimate of drug-likeness (QED) is 0.831. The molecule has 4 heteroatoms. The van der Waals surface area contributed by atoms with E-state index in [-0.39, 0.29) is 5.82 Å². The Hall–Kier alpha value is -0.740. The summed E-state index contributed by atoms with van der Waals surface area (Å²) in [5, 5.41) is 3.24. The molecule has 0 saturated carbocycles. The number of hydrogen-bond acceptors (Lipinski definition) is 3. The normalized spacial score (nSPS) is 16.1. The fourth-order valence-corrected chi connectivity index (χ4v) is 2.71. The maximum Gasteiger partial charge on any atom is 0.137 e. The third-order valence-corrected chi connectivity index (χ3v) is 4.08. The van der Waals surface area contributed by atoms with Crippen LogP contribution in [0, 0.1) is 5.82 Å². The van der Waals surface area contributed by atoms with Gasteiger partial charge in [0, 0.05) is 29.7 Å². The molecule has 0 amide bonds. The topological polar surface area (TPSA) is 15.3 Å². The first-order valence-electron chi connectivity index (χ1n) is 5.94.